The minimum atomic E-state index is -0.274. The zero-order valence-electron chi connectivity index (χ0n) is 26.0. The standard InChI is InChI=1S/C35H27Br2N5O4S2/c1-16-12-18(4-6-20(16)36)34-38-28-24(43)14-22(30(45)32(28)47-34)41-10-8-26(41)40(3)27-9-11-42(27)23-15-25(44)29-33(31(23)46)48-35(39-29)19-5-7-21(37)17(2)13-19/h4-7,12-15,26-27H,8-11H2,1-3H3. The van der Waals surface area contributed by atoms with Crippen LogP contribution in [0.1, 0.15) is 64.3 Å². The number of fused-ring (bicyclic) bond motifs is 2. The summed E-state index contributed by atoms with van der Waals surface area (Å²) in [4.78, 5) is 70.1. The highest BCUT2D eigenvalue weighted by molar-refractivity contribution is 9.10. The van der Waals surface area contributed by atoms with Crippen molar-refractivity contribution in [2.45, 2.75) is 39.0 Å². The van der Waals surface area contributed by atoms with Gasteiger partial charge in [-0.3, -0.25) is 24.1 Å². The molecule has 48 heavy (non-hydrogen) atoms. The number of carbonyl (C=O) groups excluding carboxylic acids is 4. The Morgan fingerprint density at radius 2 is 1.12 bits per heavy atom. The second-order valence-electron chi connectivity index (χ2n) is 12.4. The molecule has 8 rings (SSSR count). The first kappa shape index (κ1) is 31.6. The highest BCUT2D eigenvalue weighted by Crippen LogP contribution is 2.41. The number of benzene rings is 2. The summed E-state index contributed by atoms with van der Waals surface area (Å²) in [7, 11) is 1.97. The number of aromatic nitrogens is 2. The van der Waals surface area contributed by atoms with Crippen LogP contribution in [0.2, 0.25) is 0 Å². The van der Waals surface area contributed by atoms with Gasteiger partial charge in [-0.1, -0.05) is 44.0 Å². The van der Waals surface area contributed by atoms with Crippen LogP contribution in [-0.2, 0) is 0 Å². The molecule has 0 amide bonds. The molecular formula is C35H27Br2N5O4S2. The molecule has 2 atom stereocenters. The van der Waals surface area contributed by atoms with Gasteiger partial charge in [-0.05, 0) is 69.1 Å². The van der Waals surface area contributed by atoms with E-state index in [0.29, 0.717) is 44.3 Å². The lowest BCUT2D eigenvalue weighted by Gasteiger charge is -2.56. The van der Waals surface area contributed by atoms with Crippen molar-refractivity contribution >= 4 is 77.7 Å². The first-order valence-corrected chi connectivity index (χ1v) is 18.6. The number of nitrogens with zero attached hydrogens (tertiary/aromatic N) is 5. The van der Waals surface area contributed by atoms with Crippen molar-refractivity contribution < 1.29 is 19.2 Å². The maximum atomic E-state index is 13.8. The summed E-state index contributed by atoms with van der Waals surface area (Å²) in [5.74, 6) is -0.944. The highest BCUT2D eigenvalue weighted by Gasteiger charge is 2.46. The lowest BCUT2D eigenvalue weighted by atomic mass is 9.96. The fourth-order valence-electron chi connectivity index (χ4n) is 6.61. The van der Waals surface area contributed by atoms with Crippen LogP contribution in [0.4, 0.5) is 0 Å². The van der Waals surface area contributed by atoms with Crippen LogP contribution in [-0.4, -0.2) is 80.3 Å². The first-order chi connectivity index (χ1) is 23.0. The van der Waals surface area contributed by atoms with E-state index in [0.717, 1.165) is 44.0 Å². The van der Waals surface area contributed by atoms with Crippen molar-refractivity contribution in [3.63, 3.8) is 0 Å². The number of ketones is 4. The summed E-state index contributed by atoms with van der Waals surface area (Å²) >= 11 is 9.54. The smallest absolute Gasteiger partial charge is 0.221 e. The zero-order valence-corrected chi connectivity index (χ0v) is 30.8. The second-order valence-corrected chi connectivity index (χ2v) is 16.1. The van der Waals surface area contributed by atoms with Gasteiger partial charge < -0.3 is 9.80 Å². The van der Waals surface area contributed by atoms with Crippen molar-refractivity contribution in [3.8, 4) is 21.1 Å². The molecule has 2 fully saturated rings. The number of thiazole rings is 2. The fourth-order valence-corrected chi connectivity index (χ4v) is 9.14. The van der Waals surface area contributed by atoms with E-state index >= 15 is 0 Å². The molecule has 0 spiro atoms. The largest absolute Gasteiger partial charge is 0.352 e. The van der Waals surface area contributed by atoms with E-state index in [-0.39, 0.29) is 46.9 Å². The number of halogens is 2. The second kappa shape index (κ2) is 11.8. The van der Waals surface area contributed by atoms with Crippen molar-refractivity contribution in [2.24, 2.45) is 0 Å². The third-order valence-corrected chi connectivity index (χ3v) is 13.5. The number of allylic oxidation sites excluding steroid dienone is 4. The molecule has 9 nitrogen and oxygen atoms in total. The summed E-state index contributed by atoms with van der Waals surface area (Å²) in [6.07, 6.45) is 4.12. The van der Waals surface area contributed by atoms with Gasteiger partial charge in [0.1, 0.15) is 31.2 Å². The molecule has 0 radical (unpaired) electrons. The Kier molecular flexibility index (Phi) is 7.75. The SMILES string of the molecule is Cc1cc(-c2nc3c(s2)C(=O)C(N2CCC2N(C)C2CCN2C2=CC(=O)c4nc(-c5ccc(Br)c(C)c5)sc4C2=O)=CC3=O)ccc1Br. The van der Waals surface area contributed by atoms with Crippen molar-refractivity contribution in [2.75, 3.05) is 20.1 Å². The highest BCUT2D eigenvalue weighted by atomic mass is 79.9. The number of Topliss-reactive ketones (excluding diaryl/α,β-unsaturated/α-hetero) is 2. The van der Waals surface area contributed by atoms with E-state index in [2.05, 4.69) is 46.7 Å². The Hall–Kier alpha value is -3.62. The molecule has 2 saturated heterocycles. The molecule has 4 aliphatic rings. The number of carbonyl (C=O) groups is 4. The molecule has 2 aliphatic carbocycles. The van der Waals surface area contributed by atoms with Crippen molar-refractivity contribution in [1.29, 1.82) is 0 Å². The van der Waals surface area contributed by atoms with Crippen LogP contribution in [0.15, 0.2) is 68.9 Å². The zero-order chi connectivity index (χ0) is 33.6. The van der Waals surface area contributed by atoms with E-state index in [1.165, 1.54) is 34.8 Å². The number of likely N-dealkylation sites (tertiary alicyclic amines) is 2. The molecule has 0 saturated carbocycles. The molecule has 2 aromatic heterocycles. The van der Waals surface area contributed by atoms with E-state index in [1.807, 2.05) is 67.1 Å². The third-order valence-electron chi connectivity index (χ3n) is 9.48. The Bertz CT molecular complexity index is 2030. The van der Waals surface area contributed by atoms with Gasteiger partial charge in [0, 0.05) is 45.3 Å². The number of aryl methyl sites for hydroxylation is 2. The van der Waals surface area contributed by atoms with Gasteiger partial charge in [0.25, 0.3) is 0 Å². The predicted molar refractivity (Wildman–Crippen MR) is 191 cm³/mol. The van der Waals surface area contributed by atoms with Crippen molar-refractivity contribution in [1.82, 2.24) is 24.7 Å². The van der Waals surface area contributed by atoms with Gasteiger partial charge >= 0.3 is 0 Å². The summed E-state index contributed by atoms with van der Waals surface area (Å²) in [6, 6.07) is 11.7. The van der Waals surface area contributed by atoms with Gasteiger partial charge in [0.05, 0.1) is 23.7 Å². The summed E-state index contributed by atoms with van der Waals surface area (Å²) < 4.78 is 1.96. The van der Waals surface area contributed by atoms with Gasteiger partial charge in [0.2, 0.25) is 23.1 Å². The number of hydrogen-bond acceptors (Lipinski definition) is 11. The lowest BCUT2D eigenvalue weighted by Crippen LogP contribution is -2.66. The predicted octanol–water partition coefficient (Wildman–Crippen LogP) is 7.30. The number of hydrogen-bond donors (Lipinski definition) is 0. The normalized spacial score (nSPS) is 20.4. The fraction of sp³-hybridized carbons (Fsp3) is 0.257. The summed E-state index contributed by atoms with van der Waals surface area (Å²) in [6.45, 7) is 5.22. The molecule has 2 unspecified atom stereocenters. The minimum Gasteiger partial charge on any atom is -0.352 e. The maximum Gasteiger partial charge on any atom is 0.221 e. The molecule has 2 aromatic carbocycles. The van der Waals surface area contributed by atoms with Crippen LogP contribution < -0.4 is 0 Å². The topological polar surface area (TPSA) is 104 Å². The molecular weight excluding hydrogens is 778 g/mol. The van der Waals surface area contributed by atoms with E-state index in [4.69, 9.17) is 0 Å². The van der Waals surface area contributed by atoms with E-state index < -0.39 is 0 Å². The van der Waals surface area contributed by atoms with Crippen molar-refractivity contribution in [3.05, 3.63) is 101 Å². The Balaban J connectivity index is 1.00. The molecule has 0 bridgehead atoms. The monoisotopic (exact) mass is 803 g/mol. The maximum absolute atomic E-state index is 13.8. The van der Waals surface area contributed by atoms with Crippen LogP contribution in [0.5, 0.6) is 0 Å². The Morgan fingerprint density at radius 3 is 1.48 bits per heavy atom. The van der Waals surface area contributed by atoms with Gasteiger partial charge in [-0.2, -0.15) is 0 Å². The molecule has 13 heteroatoms. The molecule has 4 heterocycles. The summed E-state index contributed by atoms with van der Waals surface area (Å²) in [5.41, 5.74) is 4.95. The molecule has 242 valence electrons. The quantitative estimate of drug-likeness (QED) is 0.199. The minimum absolute atomic E-state index is 0.148. The van der Waals surface area contributed by atoms with Crippen LogP contribution in [0.3, 0.4) is 0 Å². The molecule has 4 aromatic rings. The van der Waals surface area contributed by atoms with E-state index in [9.17, 15) is 19.2 Å². The van der Waals surface area contributed by atoms with Gasteiger partial charge in [-0.25, -0.2) is 9.97 Å². The first-order valence-electron chi connectivity index (χ1n) is 15.4. The van der Waals surface area contributed by atoms with E-state index in [1.54, 1.807) is 0 Å². The summed E-state index contributed by atoms with van der Waals surface area (Å²) in [5, 5.41) is 1.27. The van der Waals surface area contributed by atoms with Crippen LogP contribution in [0, 0.1) is 13.8 Å². The lowest BCUT2D eigenvalue weighted by molar-refractivity contribution is -0.0902. The average molecular weight is 806 g/mol. The number of rotatable bonds is 6. The van der Waals surface area contributed by atoms with Crippen LogP contribution >= 0.6 is 54.5 Å². The third kappa shape index (κ3) is 5.01. The molecule has 2 aliphatic heterocycles. The Labute approximate surface area is 301 Å². The van der Waals surface area contributed by atoms with Gasteiger partial charge in [0.15, 0.2) is 0 Å². The van der Waals surface area contributed by atoms with Gasteiger partial charge in [-0.15, -0.1) is 22.7 Å². The van der Waals surface area contributed by atoms with Crippen LogP contribution in [0.25, 0.3) is 21.1 Å². The average Bonchev–Trinajstić information content (AvgIpc) is 3.67. The molecule has 0 N–H and O–H groups in total. The Morgan fingerprint density at radius 1 is 0.708 bits per heavy atom.